The van der Waals surface area contributed by atoms with Crippen molar-refractivity contribution in [2.45, 2.75) is 18.9 Å². The molecular formula is C16H14BrN3O5. The Morgan fingerprint density at radius 2 is 2.04 bits per heavy atom. The number of esters is 1. The Kier molecular flexibility index (Phi) is 4.11. The van der Waals surface area contributed by atoms with Crippen LogP contribution in [-0.4, -0.2) is 41.3 Å². The Labute approximate surface area is 151 Å². The molecule has 9 heteroatoms. The minimum Gasteiger partial charge on any atom is -0.464 e. The molecular weight excluding hydrogens is 394 g/mol. The van der Waals surface area contributed by atoms with E-state index < -0.39 is 29.2 Å². The highest BCUT2D eigenvalue weighted by Gasteiger charge is 2.59. The number of carbonyl (C=O) groups is 4. The van der Waals surface area contributed by atoms with E-state index in [1.165, 1.54) is 20.1 Å². The lowest BCUT2D eigenvalue weighted by atomic mass is 9.96. The summed E-state index contributed by atoms with van der Waals surface area (Å²) in [6.07, 6.45) is 1.00. The van der Waals surface area contributed by atoms with Gasteiger partial charge >= 0.3 is 5.97 Å². The molecule has 25 heavy (non-hydrogen) atoms. The quantitative estimate of drug-likeness (QED) is 0.577. The maximum absolute atomic E-state index is 13.1. The summed E-state index contributed by atoms with van der Waals surface area (Å²) in [5.74, 6) is -2.33. The number of methoxy groups -OCH3 is 1. The first-order chi connectivity index (χ1) is 11.8. The monoisotopic (exact) mass is 407 g/mol. The van der Waals surface area contributed by atoms with Gasteiger partial charge in [-0.3, -0.25) is 19.8 Å². The average molecular weight is 408 g/mol. The number of amides is 3. The largest absolute Gasteiger partial charge is 0.464 e. The second-order valence-corrected chi connectivity index (χ2v) is 6.55. The topological polar surface area (TPSA) is 96.0 Å². The molecule has 2 aliphatic rings. The maximum atomic E-state index is 13.1. The number of anilines is 1. The van der Waals surface area contributed by atoms with Crippen LogP contribution in [0.15, 0.2) is 40.5 Å². The lowest BCUT2D eigenvalue weighted by Crippen LogP contribution is -2.56. The van der Waals surface area contributed by atoms with E-state index in [9.17, 15) is 19.2 Å². The van der Waals surface area contributed by atoms with E-state index >= 15 is 0 Å². The number of hydrogen-bond donors (Lipinski definition) is 1. The van der Waals surface area contributed by atoms with E-state index in [4.69, 9.17) is 0 Å². The molecule has 3 amide bonds. The molecule has 0 saturated carbocycles. The fourth-order valence-corrected chi connectivity index (χ4v) is 3.37. The summed E-state index contributed by atoms with van der Waals surface area (Å²) in [5, 5.41) is 0.997. The van der Waals surface area contributed by atoms with E-state index in [1.807, 2.05) is 0 Å². The molecule has 1 atom stereocenters. The summed E-state index contributed by atoms with van der Waals surface area (Å²) in [6.45, 7) is 1.24. The molecule has 0 unspecified atom stereocenters. The number of imide groups is 1. The first kappa shape index (κ1) is 17.2. The molecule has 0 aliphatic carbocycles. The molecule has 1 spiro atoms. The fourth-order valence-electron chi connectivity index (χ4n) is 2.99. The molecule has 130 valence electrons. The summed E-state index contributed by atoms with van der Waals surface area (Å²) in [5.41, 5.74) is 1.30. The molecule has 8 nitrogen and oxygen atoms in total. The Morgan fingerprint density at radius 3 is 2.64 bits per heavy atom. The molecule has 0 radical (unpaired) electrons. The number of halogens is 1. The lowest BCUT2D eigenvalue weighted by Gasteiger charge is -2.30. The summed E-state index contributed by atoms with van der Waals surface area (Å²) in [7, 11) is 1.18. The third-order valence-corrected chi connectivity index (χ3v) is 4.54. The van der Waals surface area contributed by atoms with Crippen molar-refractivity contribution in [3.63, 3.8) is 0 Å². The van der Waals surface area contributed by atoms with Gasteiger partial charge in [-0.2, -0.15) is 0 Å². The molecule has 1 saturated heterocycles. The minimum atomic E-state index is -1.59. The van der Waals surface area contributed by atoms with Crippen molar-refractivity contribution >= 4 is 45.3 Å². The Hall–Kier alpha value is -2.68. The van der Waals surface area contributed by atoms with Crippen LogP contribution in [0.4, 0.5) is 5.69 Å². The number of hydrazine groups is 1. The Balaban J connectivity index is 2.07. The van der Waals surface area contributed by atoms with Gasteiger partial charge < -0.3 is 4.74 Å². The van der Waals surface area contributed by atoms with Crippen LogP contribution in [0.3, 0.4) is 0 Å². The standard InChI is InChI=1S/C16H14BrN3O5/c1-9(21)20-16(7-12(18-20)14(23)25-2)8-13(22)19(15(16)24)11-5-3-4-10(17)6-11/h3-7,18H,8H2,1-2H3/t16-/m1/s1. The van der Waals surface area contributed by atoms with Crippen LogP contribution in [0.25, 0.3) is 0 Å². The molecule has 3 rings (SSSR count). The van der Waals surface area contributed by atoms with Crippen LogP contribution in [0.1, 0.15) is 13.3 Å². The number of ether oxygens (including phenoxy) is 1. The van der Waals surface area contributed by atoms with Crippen molar-refractivity contribution in [2.75, 3.05) is 12.0 Å². The number of nitrogens with zero attached hydrogens (tertiary/aromatic N) is 2. The van der Waals surface area contributed by atoms with Crippen molar-refractivity contribution in [3.05, 3.63) is 40.5 Å². The van der Waals surface area contributed by atoms with Crippen molar-refractivity contribution < 1.29 is 23.9 Å². The molecule has 0 bridgehead atoms. The van der Waals surface area contributed by atoms with Crippen LogP contribution in [0.5, 0.6) is 0 Å². The number of rotatable bonds is 2. The normalized spacial score (nSPS) is 22.3. The lowest BCUT2D eigenvalue weighted by molar-refractivity contribution is -0.143. The molecule has 2 heterocycles. The zero-order chi connectivity index (χ0) is 18.4. The molecule has 1 N–H and O–H groups in total. The summed E-state index contributed by atoms with van der Waals surface area (Å²) in [4.78, 5) is 50.4. The number of carbonyl (C=O) groups excluding carboxylic acids is 4. The molecule has 1 fully saturated rings. The first-order valence-corrected chi connectivity index (χ1v) is 8.11. The van der Waals surface area contributed by atoms with E-state index in [1.54, 1.807) is 24.3 Å². The molecule has 1 aromatic rings. The predicted molar refractivity (Wildman–Crippen MR) is 89.7 cm³/mol. The van der Waals surface area contributed by atoms with Gasteiger partial charge in [0.15, 0.2) is 5.54 Å². The van der Waals surface area contributed by atoms with Gasteiger partial charge in [-0.05, 0) is 24.3 Å². The molecule has 2 aliphatic heterocycles. The minimum absolute atomic E-state index is 0.0602. The van der Waals surface area contributed by atoms with Gasteiger partial charge in [0.05, 0.1) is 19.2 Å². The summed E-state index contributed by atoms with van der Waals surface area (Å²) >= 11 is 3.30. The SMILES string of the molecule is COC(=O)C1=C[C@]2(CC(=O)N(c3cccc(Br)c3)C2=O)N(C(C)=O)N1. The van der Waals surface area contributed by atoms with E-state index in [0.717, 1.165) is 9.91 Å². The maximum Gasteiger partial charge on any atom is 0.355 e. The second-order valence-electron chi connectivity index (χ2n) is 5.63. The van der Waals surface area contributed by atoms with Gasteiger partial charge in [-0.25, -0.2) is 14.7 Å². The highest BCUT2D eigenvalue weighted by molar-refractivity contribution is 9.10. The van der Waals surface area contributed by atoms with Gasteiger partial charge in [0.1, 0.15) is 5.70 Å². The molecule has 1 aromatic carbocycles. The highest BCUT2D eigenvalue weighted by Crippen LogP contribution is 2.38. The zero-order valence-corrected chi connectivity index (χ0v) is 15.0. The average Bonchev–Trinajstić information content (AvgIpc) is 3.06. The zero-order valence-electron chi connectivity index (χ0n) is 13.4. The van der Waals surface area contributed by atoms with Crippen molar-refractivity contribution in [2.24, 2.45) is 0 Å². The summed E-state index contributed by atoms with van der Waals surface area (Å²) < 4.78 is 5.33. The smallest absolute Gasteiger partial charge is 0.355 e. The van der Waals surface area contributed by atoms with Gasteiger partial charge in [-0.1, -0.05) is 22.0 Å². The van der Waals surface area contributed by atoms with Crippen LogP contribution < -0.4 is 10.3 Å². The van der Waals surface area contributed by atoms with Crippen molar-refractivity contribution in [1.29, 1.82) is 0 Å². The van der Waals surface area contributed by atoms with Gasteiger partial charge in [-0.15, -0.1) is 0 Å². The van der Waals surface area contributed by atoms with Crippen LogP contribution >= 0.6 is 15.9 Å². The summed E-state index contributed by atoms with van der Waals surface area (Å²) in [6, 6.07) is 6.69. The van der Waals surface area contributed by atoms with E-state index in [0.29, 0.717) is 10.2 Å². The van der Waals surface area contributed by atoms with Gasteiger partial charge in [0.2, 0.25) is 11.8 Å². The van der Waals surface area contributed by atoms with Crippen LogP contribution in [0, 0.1) is 0 Å². The second kappa shape index (κ2) is 5.99. The predicted octanol–water partition coefficient (Wildman–Crippen LogP) is 0.875. The first-order valence-electron chi connectivity index (χ1n) is 7.32. The fraction of sp³-hybridized carbons (Fsp3) is 0.250. The van der Waals surface area contributed by atoms with Crippen LogP contribution in [0.2, 0.25) is 0 Å². The highest BCUT2D eigenvalue weighted by atomic mass is 79.9. The number of benzene rings is 1. The van der Waals surface area contributed by atoms with E-state index in [-0.39, 0.29) is 12.1 Å². The third-order valence-electron chi connectivity index (χ3n) is 4.04. The van der Waals surface area contributed by atoms with Crippen molar-refractivity contribution in [3.8, 4) is 0 Å². The Morgan fingerprint density at radius 1 is 1.32 bits per heavy atom. The van der Waals surface area contributed by atoms with E-state index in [2.05, 4.69) is 26.1 Å². The number of nitrogens with one attached hydrogen (secondary N) is 1. The van der Waals surface area contributed by atoms with Crippen LogP contribution in [-0.2, 0) is 23.9 Å². The molecule has 0 aromatic heterocycles. The Bertz CT molecular complexity index is 837. The van der Waals surface area contributed by atoms with Gasteiger partial charge in [0, 0.05) is 11.4 Å². The number of hydrogen-bond acceptors (Lipinski definition) is 6. The third kappa shape index (κ3) is 2.60. The van der Waals surface area contributed by atoms with Gasteiger partial charge in [0.25, 0.3) is 5.91 Å². The van der Waals surface area contributed by atoms with Crippen molar-refractivity contribution in [1.82, 2.24) is 10.4 Å².